The number of rotatable bonds is 2. The van der Waals surface area contributed by atoms with Crippen LogP contribution >= 0.6 is 28.3 Å². The van der Waals surface area contributed by atoms with E-state index in [1.54, 1.807) is 4.90 Å². The zero-order chi connectivity index (χ0) is 15.7. The molecule has 0 radical (unpaired) electrons. The number of nitrogens with zero attached hydrogens (tertiary/aromatic N) is 2. The average molecular weight is 403 g/mol. The molecule has 1 N–H and O–H groups in total. The minimum absolute atomic E-state index is 0. The average Bonchev–Trinajstić information content (AvgIpc) is 2.89. The topological polar surface area (TPSA) is 52.7 Å². The first kappa shape index (κ1) is 18.2. The van der Waals surface area contributed by atoms with Crippen molar-refractivity contribution in [2.75, 3.05) is 31.1 Å². The van der Waals surface area contributed by atoms with Gasteiger partial charge in [-0.05, 0) is 41.4 Å². The van der Waals surface area contributed by atoms with Crippen LogP contribution in [0.2, 0.25) is 0 Å². The number of nitrogens with one attached hydrogen (secondary N) is 1. The van der Waals surface area contributed by atoms with E-state index in [0.29, 0.717) is 19.5 Å². The third kappa shape index (κ3) is 3.54. The molecule has 1 aromatic rings. The number of hydrogen-bond donors (Lipinski definition) is 1. The molecule has 3 rings (SSSR count). The van der Waals surface area contributed by atoms with Crippen molar-refractivity contribution in [3.05, 3.63) is 28.7 Å². The smallest absolute Gasteiger partial charge is 0.239 e. The SMILES string of the molecule is C[C@H]1CNCCN1C(=O)C1CCN(c2ccccc2Br)C1=O.Cl. The second-order valence-electron chi connectivity index (χ2n) is 5.87. The number of carbonyl (C=O) groups is 2. The Hall–Kier alpha value is -1.11. The van der Waals surface area contributed by atoms with Crippen LogP contribution in [-0.2, 0) is 9.59 Å². The van der Waals surface area contributed by atoms with Crippen LogP contribution in [0.5, 0.6) is 0 Å². The number of piperazine rings is 1. The van der Waals surface area contributed by atoms with Crippen LogP contribution in [0.1, 0.15) is 13.3 Å². The van der Waals surface area contributed by atoms with Gasteiger partial charge in [0.15, 0.2) is 0 Å². The maximum absolute atomic E-state index is 12.7. The predicted octanol–water partition coefficient (Wildman–Crippen LogP) is 2.04. The molecule has 1 unspecified atom stereocenters. The molecule has 2 aliphatic heterocycles. The van der Waals surface area contributed by atoms with Gasteiger partial charge in [-0.15, -0.1) is 12.4 Å². The summed E-state index contributed by atoms with van der Waals surface area (Å²) in [6, 6.07) is 7.78. The minimum Gasteiger partial charge on any atom is -0.337 e. The number of amides is 2. The number of carbonyl (C=O) groups excluding carboxylic acids is 2. The minimum atomic E-state index is -0.535. The Kier molecular flexibility index (Phi) is 6.06. The number of halogens is 2. The fourth-order valence-electron chi connectivity index (χ4n) is 3.19. The van der Waals surface area contributed by atoms with Crippen LogP contribution < -0.4 is 10.2 Å². The Morgan fingerprint density at radius 1 is 1.30 bits per heavy atom. The summed E-state index contributed by atoms with van der Waals surface area (Å²) in [5, 5.41) is 3.27. The number of hydrogen-bond acceptors (Lipinski definition) is 3. The van der Waals surface area contributed by atoms with Gasteiger partial charge in [-0.2, -0.15) is 0 Å². The summed E-state index contributed by atoms with van der Waals surface area (Å²) < 4.78 is 0.881. The lowest BCUT2D eigenvalue weighted by atomic mass is 10.0. The standard InChI is InChI=1S/C16H20BrN3O2.ClH/c1-11-10-18-7-9-19(11)15(21)12-6-8-20(16(12)22)14-5-3-2-4-13(14)17;/h2-5,11-12,18H,6-10H2,1H3;1H/t11-,12?;/m0./s1. The highest BCUT2D eigenvalue weighted by atomic mass is 79.9. The highest BCUT2D eigenvalue weighted by Gasteiger charge is 2.41. The van der Waals surface area contributed by atoms with Gasteiger partial charge in [0.1, 0.15) is 5.92 Å². The Balaban J connectivity index is 0.00000192. The molecule has 2 heterocycles. The van der Waals surface area contributed by atoms with E-state index in [9.17, 15) is 9.59 Å². The molecule has 2 amide bonds. The molecular formula is C16H21BrClN3O2. The van der Waals surface area contributed by atoms with E-state index >= 15 is 0 Å². The Morgan fingerprint density at radius 3 is 2.74 bits per heavy atom. The molecule has 7 heteroatoms. The van der Waals surface area contributed by atoms with Gasteiger partial charge < -0.3 is 15.1 Å². The third-order valence-corrected chi connectivity index (χ3v) is 5.10. The predicted molar refractivity (Wildman–Crippen MR) is 95.9 cm³/mol. The Bertz CT molecular complexity index is 598. The molecule has 2 atom stereocenters. The van der Waals surface area contributed by atoms with Crippen molar-refractivity contribution in [3.63, 3.8) is 0 Å². The molecule has 2 fully saturated rings. The van der Waals surface area contributed by atoms with E-state index in [1.165, 1.54) is 0 Å². The second kappa shape index (κ2) is 7.64. The summed E-state index contributed by atoms with van der Waals surface area (Å²) in [4.78, 5) is 29.0. The van der Waals surface area contributed by atoms with Gasteiger partial charge in [0.2, 0.25) is 11.8 Å². The molecular weight excluding hydrogens is 382 g/mol. The number of para-hydroxylation sites is 1. The molecule has 5 nitrogen and oxygen atoms in total. The van der Waals surface area contributed by atoms with Gasteiger partial charge in [-0.3, -0.25) is 9.59 Å². The highest BCUT2D eigenvalue weighted by Crippen LogP contribution is 2.32. The quantitative estimate of drug-likeness (QED) is 0.770. The fraction of sp³-hybridized carbons (Fsp3) is 0.500. The van der Waals surface area contributed by atoms with Crippen LogP contribution in [0.3, 0.4) is 0 Å². The number of benzene rings is 1. The molecule has 126 valence electrons. The second-order valence-corrected chi connectivity index (χ2v) is 6.72. The van der Waals surface area contributed by atoms with Gasteiger partial charge in [0.25, 0.3) is 0 Å². The summed E-state index contributed by atoms with van der Waals surface area (Å²) >= 11 is 3.48. The first-order chi connectivity index (χ1) is 10.6. The van der Waals surface area contributed by atoms with E-state index < -0.39 is 5.92 Å². The van der Waals surface area contributed by atoms with E-state index in [4.69, 9.17) is 0 Å². The highest BCUT2D eigenvalue weighted by molar-refractivity contribution is 9.10. The molecule has 0 aromatic heterocycles. The molecule has 2 aliphatic rings. The lowest BCUT2D eigenvalue weighted by Crippen LogP contribution is -2.54. The zero-order valence-electron chi connectivity index (χ0n) is 13.0. The summed E-state index contributed by atoms with van der Waals surface area (Å²) in [6.07, 6.45) is 0.593. The summed E-state index contributed by atoms with van der Waals surface area (Å²) in [7, 11) is 0. The fourth-order valence-corrected chi connectivity index (χ4v) is 3.69. The summed E-state index contributed by atoms with van der Waals surface area (Å²) in [5.41, 5.74) is 0.844. The van der Waals surface area contributed by atoms with Crippen LogP contribution in [0.15, 0.2) is 28.7 Å². The molecule has 1 aromatic carbocycles. The Labute approximate surface area is 150 Å². The monoisotopic (exact) mass is 401 g/mol. The van der Waals surface area contributed by atoms with Gasteiger partial charge in [0, 0.05) is 36.7 Å². The first-order valence-corrected chi connectivity index (χ1v) is 8.46. The normalized spacial score (nSPS) is 24.5. The van der Waals surface area contributed by atoms with Crippen molar-refractivity contribution in [1.82, 2.24) is 10.2 Å². The van der Waals surface area contributed by atoms with Crippen LogP contribution in [0, 0.1) is 5.92 Å². The van der Waals surface area contributed by atoms with Crippen molar-refractivity contribution in [2.45, 2.75) is 19.4 Å². The molecule has 23 heavy (non-hydrogen) atoms. The molecule has 0 aliphatic carbocycles. The lowest BCUT2D eigenvalue weighted by Gasteiger charge is -2.35. The number of anilines is 1. The Morgan fingerprint density at radius 2 is 2.04 bits per heavy atom. The largest absolute Gasteiger partial charge is 0.337 e. The van der Waals surface area contributed by atoms with Crippen molar-refractivity contribution in [3.8, 4) is 0 Å². The first-order valence-electron chi connectivity index (χ1n) is 7.66. The van der Waals surface area contributed by atoms with Gasteiger partial charge in [-0.1, -0.05) is 12.1 Å². The maximum atomic E-state index is 12.7. The molecule has 0 spiro atoms. The van der Waals surface area contributed by atoms with E-state index in [2.05, 4.69) is 21.2 Å². The van der Waals surface area contributed by atoms with Gasteiger partial charge >= 0.3 is 0 Å². The molecule has 0 bridgehead atoms. The van der Waals surface area contributed by atoms with Gasteiger partial charge in [0.05, 0.1) is 5.69 Å². The van der Waals surface area contributed by atoms with Crippen LogP contribution in [0.25, 0.3) is 0 Å². The van der Waals surface area contributed by atoms with E-state index in [0.717, 1.165) is 23.2 Å². The third-order valence-electron chi connectivity index (χ3n) is 4.43. The van der Waals surface area contributed by atoms with Crippen molar-refractivity contribution in [2.24, 2.45) is 5.92 Å². The maximum Gasteiger partial charge on any atom is 0.239 e. The van der Waals surface area contributed by atoms with Crippen molar-refractivity contribution in [1.29, 1.82) is 0 Å². The van der Waals surface area contributed by atoms with Gasteiger partial charge in [-0.25, -0.2) is 0 Å². The van der Waals surface area contributed by atoms with E-state index in [-0.39, 0.29) is 30.3 Å². The molecule has 0 saturated carbocycles. The molecule has 2 saturated heterocycles. The van der Waals surface area contributed by atoms with Crippen molar-refractivity contribution >= 4 is 45.8 Å². The zero-order valence-corrected chi connectivity index (χ0v) is 15.4. The summed E-state index contributed by atoms with van der Waals surface area (Å²) in [6.45, 7) is 4.89. The van der Waals surface area contributed by atoms with Crippen LogP contribution in [-0.4, -0.2) is 48.9 Å². The lowest BCUT2D eigenvalue weighted by molar-refractivity contribution is -0.142. The van der Waals surface area contributed by atoms with E-state index in [1.807, 2.05) is 36.1 Å². The van der Waals surface area contributed by atoms with Crippen molar-refractivity contribution < 1.29 is 9.59 Å². The van der Waals surface area contributed by atoms with Crippen LogP contribution in [0.4, 0.5) is 5.69 Å². The summed E-state index contributed by atoms with van der Waals surface area (Å²) in [5.74, 6) is -0.635.